The number of aromatic amines is 1. The molecule has 4 aromatic rings. The average Bonchev–Trinajstić information content (AvgIpc) is 3.07. The van der Waals surface area contributed by atoms with E-state index in [0.717, 1.165) is 5.56 Å². The number of H-pyrrole nitrogens is 1. The van der Waals surface area contributed by atoms with Gasteiger partial charge in [-0.25, -0.2) is 14.5 Å². The minimum atomic E-state index is -0.436. The van der Waals surface area contributed by atoms with Crippen LogP contribution in [-0.2, 0) is 0 Å². The molecule has 1 N–H and O–H groups in total. The molecule has 0 amide bonds. The number of nitrogens with zero attached hydrogens (tertiary/aromatic N) is 4. The summed E-state index contributed by atoms with van der Waals surface area (Å²) in [5, 5.41) is 16.5. The SMILES string of the molecule is N#Cc1c(-c2ccccc2)nc2[nH]nc(-c3ccccc3)n2c1=O. The van der Waals surface area contributed by atoms with Crippen molar-refractivity contribution >= 4 is 5.78 Å². The fourth-order valence-electron chi connectivity index (χ4n) is 2.63. The van der Waals surface area contributed by atoms with Crippen molar-refractivity contribution in [2.24, 2.45) is 0 Å². The lowest BCUT2D eigenvalue weighted by Gasteiger charge is -2.04. The second-order valence-corrected chi connectivity index (χ2v) is 5.19. The molecular weight excluding hydrogens is 302 g/mol. The summed E-state index contributed by atoms with van der Waals surface area (Å²) < 4.78 is 1.33. The molecule has 0 unspecified atom stereocenters. The Kier molecular flexibility index (Phi) is 3.18. The van der Waals surface area contributed by atoms with Gasteiger partial charge in [-0.15, -0.1) is 0 Å². The molecule has 6 heteroatoms. The predicted molar refractivity (Wildman–Crippen MR) is 89.2 cm³/mol. The Hall–Kier alpha value is -3.72. The zero-order valence-electron chi connectivity index (χ0n) is 12.5. The molecule has 2 aromatic carbocycles. The molecule has 0 bridgehead atoms. The lowest BCUT2D eigenvalue weighted by molar-refractivity contribution is 1.05. The van der Waals surface area contributed by atoms with E-state index < -0.39 is 5.56 Å². The molecule has 24 heavy (non-hydrogen) atoms. The minimum absolute atomic E-state index is 0.00252. The van der Waals surface area contributed by atoms with Crippen molar-refractivity contribution < 1.29 is 0 Å². The molecule has 6 nitrogen and oxygen atoms in total. The van der Waals surface area contributed by atoms with E-state index >= 15 is 0 Å². The molecule has 0 radical (unpaired) electrons. The van der Waals surface area contributed by atoms with Crippen LogP contribution in [0.1, 0.15) is 5.56 Å². The predicted octanol–water partition coefficient (Wildman–Crippen LogP) is 2.62. The monoisotopic (exact) mass is 313 g/mol. The summed E-state index contributed by atoms with van der Waals surface area (Å²) in [7, 11) is 0. The molecule has 0 saturated carbocycles. The first-order chi connectivity index (χ1) is 11.8. The van der Waals surface area contributed by atoms with E-state index in [1.165, 1.54) is 4.40 Å². The molecule has 0 aliphatic carbocycles. The van der Waals surface area contributed by atoms with Crippen LogP contribution in [0.4, 0.5) is 0 Å². The zero-order chi connectivity index (χ0) is 16.5. The van der Waals surface area contributed by atoms with Crippen molar-refractivity contribution in [3.8, 4) is 28.7 Å². The molecule has 0 aliphatic heterocycles. The van der Waals surface area contributed by atoms with Crippen LogP contribution >= 0.6 is 0 Å². The molecule has 0 saturated heterocycles. The molecule has 0 atom stereocenters. The highest BCUT2D eigenvalue weighted by Gasteiger charge is 2.18. The second kappa shape index (κ2) is 5.48. The average molecular weight is 313 g/mol. The largest absolute Gasteiger partial charge is 0.279 e. The van der Waals surface area contributed by atoms with Crippen molar-refractivity contribution in [3.63, 3.8) is 0 Å². The van der Waals surface area contributed by atoms with Crippen LogP contribution in [0.15, 0.2) is 65.5 Å². The molecule has 0 aliphatic rings. The number of rotatable bonds is 2. The van der Waals surface area contributed by atoms with Gasteiger partial charge in [0.1, 0.15) is 11.6 Å². The maximum atomic E-state index is 12.8. The van der Waals surface area contributed by atoms with E-state index in [4.69, 9.17) is 0 Å². The van der Waals surface area contributed by atoms with Gasteiger partial charge in [-0.3, -0.25) is 4.79 Å². The highest BCUT2D eigenvalue weighted by Crippen LogP contribution is 2.21. The van der Waals surface area contributed by atoms with E-state index in [2.05, 4.69) is 15.2 Å². The molecule has 0 fully saturated rings. The summed E-state index contributed by atoms with van der Waals surface area (Å²) >= 11 is 0. The fourth-order valence-corrected chi connectivity index (χ4v) is 2.63. The van der Waals surface area contributed by atoms with Crippen LogP contribution in [0, 0.1) is 11.3 Å². The van der Waals surface area contributed by atoms with Crippen LogP contribution in [0.2, 0.25) is 0 Å². The molecule has 4 rings (SSSR count). The summed E-state index contributed by atoms with van der Waals surface area (Å²) in [5.41, 5.74) is 1.39. The van der Waals surface area contributed by atoms with Gasteiger partial charge < -0.3 is 0 Å². The van der Waals surface area contributed by atoms with Gasteiger partial charge >= 0.3 is 0 Å². The highest BCUT2D eigenvalue weighted by molar-refractivity contribution is 5.69. The van der Waals surface area contributed by atoms with Crippen LogP contribution in [0.3, 0.4) is 0 Å². The lowest BCUT2D eigenvalue weighted by Crippen LogP contribution is -2.19. The van der Waals surface area contributed by atoms with Gasteiger partial charge in [-0.05, 0) is 0 Å². The van der Waals surface area contributed by atoms with Gasteiger partial charge in [0.05, 0.1) is 5.69 Å². The second-order valence-electron chi connectivity index (χ2n) is 5.19. The maximum Gasteiger partial charge on any atom is 0.279 e. The highest BCUT2D eigenvalue weighted by atomic mass is 16.1. The van der Waals surface area contributed by atoms with E-state index in [1.807, 2.05) is 66.7 Å². The Bertz CT molecular complexity index is 1120. The minimum Gasteiger partial charge on any atom is -0.267 e. The summed E-state index contributed by atoms with van der Waals surface area (Å²) in [4.78, 5) is 17.3. The number of fused-ring (bicyclic) bond motifs is 1. The third-order valence-electron chi connectivity index (χ3n) is 3.75. The molecule has 2 heterocycles. The van der Waals surface area contributed by atoms with E-state index in [0.29, 0.717) is 22.9 Å². The van der Waals surface area contributed by atoms with Crippen molar-refractivity contribution in [3.05, 3.63) is 76.6 Å². The van der Waals surface area contributed by atoms with Crippen LogP contribution in [0.25, 0.3) is 28.4 Å². The Morgan fingerprint density at radius 3 is 2.21 bits per heavy atom. The topological polar surface area (TPSA) is 86.8 Å². The van der Waals surface area contributed by atoms with E-state index in [1.54, 1.807) is 0 Å². The van der Waals surface area contributed by atoms with Gasteiger partial charge in [0, 0.05) is 11.1 Å². The smallest absolute Gasteiger partial charge is 0.267 e. The first-order valence-corrected chi connectivity index (χ1v) is 7.31. The summed E-state index contributed by atoms with van der Waals surface area (Å²) in [6, 6.07) is 20.4. The van der Waals surface area contributed by atoms with Gasteiger partial charge in [-0.1, -0.05) is 60.7 Å². The molecule has 2 aromatic heterocycles. The van der Waals surface area contributed by atoms with Gasteiger partial charge in [0.15, 0.2) is 5.82 Å². The zero-order valence-corrected chi connectivity index (χ0v) is 12.5. The summed E-state index contributed by atoms with van der Waals surface area (Å²) in [6.45, 7) is 0. The van der Waals surface area contributed by atoms with E-state index in [9.17, 15) is 10.1 Å². The van der Waals surface area contributed by atoms with Crippen molar-refractivity contribution in [2.45, 2.75) is 0 Å². The third-order valence-corrected chi connectivity index (χ3v) is 3.75. The van der Waals surface area contributed by atoms with Crippen molar-refractivity contribution in [2.75, 3.05) is 0 Å². The van der Waals surface area contributed by atoms with Crippen molar-refractivity contribution in [1.82, 2.24) is 19.6 Å². The first kappa shape index (κ1) is 13.9. The number of hydrogen-bond donors (Lipinski definition) is 1. The van der Waals surface area contributed by atoms with Crippen LogP contribution in [0.5, 0.6) is 0 Å². The summed E-state index contributed by atoms with van der Waals surface area (Å²) in [5.74, 6) is 0.732. The van der Waals surface area contributed by atoms with Crippen molar-refractivity contribution in [1.29, 1.82) is 5.26 Å². The van der Waals surface area contributed by atoms with Crippen LogP contribution in [-0.4, -0.2) is 19.6 Å². The summed E-state index contributed by atoms with van der Waals surface area (Å²) in [6.07, 6.45) is 0. The Morgan fingerprint density at radius 2 is 1.58 bits per heavy atom. The van der Waals surface area contributed by atoms with E-state index in [-0.39, 0.29) is 5.56 Å². The molecular formula is C18H11N5O. The normalized spacial score (nSPS) is 10.6. The molecule has 0 spiro atoms. The third kappa shape index (κ3) is 2.08. The number of benzene rings is 2. The lowest BCUT2D eigenvalue weighted by atomic mass is 10.1. The number of hydrogen-bond acceptors (Lipinski definition) is 4. The Labute approximate surface area is 136 Å². The fraction of sp³-hybridized carbons (Fsp3) is 0. The number of nitriles is 1. The van der Waals surface area contributed by atoms with Crippen LogP contribution < -0.4 is 5.56 Å². The number of aromatic nitrogens is 4. The Balaban J connectivity index is 2.05. The standard InChI is InChI=1S/C18H11N5O/c19-11-14-15(12-7-3-1-4-8-12)20-18-22-21-16(23(18)17(14)24)13-9-5-2-6-10-13/h1-10H,(H,20,22). The molecule has 114 valence electrons. The van der Waals surface area contributed by atoms with Gasteiger partial charge in [0.25, 0.3) is 5.56 Å². The Morgan fingerprint density at radius 1 is 0.958 bits per heavy atom. The number of nitrogens with one attached hydrogen (secondary N) is 1. The quantitative estimate of drug-likeness (QED) is 0.616. The first-order valence-electron chi connectivity index (χ1n) is 7.31. The van der Waals surface area contributed by atoms with Gasteiger partial charge in [-0.2, -0.15) is 10.4 Å². The maximum absolute atomic E-state index is 12.8. The van der Waals surface area contributed by atoms with Gasteiger partial charge in [0.2, 0.25) is 5.78 Å².